The fourth-order valence-electron chi connectivity index (χ4n) is 2.99. The van der Waals surface area contributed by atoms with E-state index in [4.69, 9.17) is 37.4 Å². The first kappa shape index (κ1) is 22.8. The molecule has 0 saturated heterocycles. The van der Waals surface area contributed by atoms with Gasteiger partial charge in [-0.3, -0.25) is 0 Å². The highest BCUT2D eigenvalue weighted by atomic mass is 79.9. The van der Waals surface area contributed by atoms with Gasteiger partial charge in [0.2, 0.25) is 0 Å². The lowest BCUT2D eigenvalue weighted by Gasteiger charge is -2.15. The molecular formula is C23H22BrCl2NO3. The molecular weight excluding hydrogens is 489 g/mol. The molecule has 0 heterocycles. The molecule has 4 nitrogen and oxygen atoms in total. The van der Waals surface area contributed by atoms with Gasteiger partial charge in [0.15, 0.2) is 11.5 Å². The summed E-state index contributed by atoms with van der Waals surface area (Å²) >= 11 is 15.7. The van der Waals surface area contributed by atoms with Crippen LogP contribution in [0, 0.1) is 0 Å². The first-order chi connectivity index (χ1) is 14.5. The van der Waals surface area contributed by atoms with Gasteiger partial charge < -0.3 is 19.5 Å². The van der Waals surface area contributed by atoms with Crippen LogP contribution in [0.4, 0.5) is 0 Å². The molecule has 158 valence electrons. The number of rotatable bonds is 9. The maximum absolute atomic E-state index is 6.08. The third-order valence-electron chi connectivity index (χ3n) is 4.49. The van der Waals surface area contributed by atoms with Crippen LogP contribution < -0.4 is 19.5 Å². The van der Waals surface area contributed by atoms with E-state index in [1.165, 1.54) is 0 Å². The smallest absolute Gasteiger partial charge is 0.175 e. The molecule has 0 aliphatic rings. The van der Waals surface area contributed by atoms with E-state index in [9.17, 15) is 0 Å². The molecule has 0 aliphatic heterocycles. The van der Waals surface area contributed by atoms with Gasteiger partial charge in [0.05, 0.1) is 28.7 Å². The van der Waals surface area contributed by atoms with Crippen molar-refractivity contribution in [2.45, 2.75) is 19.7 Å². The molecule has 0 atom stereocenters. The second kappa shape index (κ2) is 10.9. The molecule has 30 heavy (non-hydrogen) atoms. The summed E-state index contributed by atoms with van der Waals surface area (Å²) < 4.78 is 17.8. The van der Waals surface area contributed by atoms with Gasteiger partial charge in [-0.25, -0.2) is 0 Å². The monoisotopic (exact) mass is 509 g/mol. The molecule has 3 aromatic rings. The van der Waals surface area contributed by atoms with E-state index in [0.717, 1.165) is 26.9 Å². The predicted molar refractivity (Wildman–Crippen MR) is 125 cm³/mol. The van der Waals surface area contributed by atoms with Crippen molar-refractivity contribution < 1.29 is 14.2 Å². The molecule has 0 saturated carbocycles. The lowest BCUT2D eigenvalue weighted by atomic mass is 10.1. The Bertz CT molecular complexity index is 1010. The minimum Gasteiger partial charge on any atom is -0.496 e. The van der Waals surface area contributed by atoms with Crippen LogP contribution in [0.3, 0.4) is 0 Å². The number of hydrogen-bond acceptors (Lipinski definition) is 4. The molecule has 0 spiro atoms. The zero-order valence-electron chi connectivity index (χ0n) is 16.7. The number of ether oxygens (including phenoxy) is 3. The Morgan fingerprint density at radius 1 is 0.833 bits per heavy atom. The number of halogens is 3. The van der Waals surface area contributed by atoms with Crippen molar-refractivity contribution in [1.29, 1.82) is 0 Å². The normalized spacial score (nSPS) is 10.7. The van der Waals surface area contributed by atoms with Crippen molar-refractivity contribution >= 4 is 39.1 Å². The van der Waals surface area contributed by atoms with Crippen LogP contribution in [0.25, 0.3) is 0 Å². The fraction of sp³-hybridized carbons (Fsp3) is 0.217. The van der Waals surface area contributed by atoms with E-state index in [0.29, 0.717) is 41.2 Å². The van der Waals surface area contributed by atoms with Crippen molar-refractivity contribution in [2.75, 3.05) is 14.2 Å². The molecule has 0 bridgehead atoms. The third kappa shape index (κ3) is 5.82. The van der Waals surface area contributed by atoms with Gasteiger partial charge in [0, 0.05) is 18.7 Å². The molecule has 1 N–H and O–H groups in total. The Hall–Kier alpha value is -1.92. The summed E-state index contributed by atoms with van der Waals surface area (Å²) in [7, 11) is 3.30. The Kier molecular flexibility index (Phi) is 8.28. The van der Waals surface area contributed by atoms with Gasteiger partial charge in [-0.05, 0) is 57.4 Å². The summed E-state index contributed by atoms with van der Waals surface area (Å²) in [5.41, 5.74) is 3.09. The van der Waals surface area contributed by atoms with Crippen molar-refractivity contribution in [3.05, 3.63) is 85.8 Å². The lowest BCUT2D eigenvalue weighted by Crippen LogP contribution is -2.13. The van der Waals surface area contributed by atoms with Crippen molar-refractivity contribution in [2.24, 2.45) is 0 Å². The van der Waals surface area contributed by atoms with Crippen LogP contribution in [0.2, 0.25) is 10.0 Å². The molecule has 0 unspecified atom stereocenters. The molecule has 0 aromatic heterocycles. The summed E-state index contributed by atoms with van der Waals surface area (Å²) in [6.07, 6.45) is 0. The zero-order chi connectivity index (χ0) is 21.5. The van der Waals surface area contributed by atoms with Gasteiger partial charge in [-0.1, -0.05) is 47.5 Å². The second-order valence-corrected chi connectivity index (χ2v) is 8.23. The van der Waals surface area contributed by atoms with Crippen LogP contribution in [-0.2, 0) is 19.7 Å². The largest absolute Gasteiger partial charge is 0.496 e. The van der Waals surface area contributed by atoms with Crippen LogP contribution in [0.1, 0.15) is 16.7 Å². The average Bonchev–Trinajstić information content (AvgIpc) is 2.75. The highest BCUT2D eigenvalue weighted by Gasteiger charge is 2.13. The minimum atomic E-state index is 0.344. The average molecular weight is 511 g/mol. The van der Waals surface area contributed by atoms with Crippen LogP contribution >= 0.6 is 39.1 Å². The molecule has 0 aliphatic carbocycles. The molecule has 0 radical (unpaired) electrons. The summed E-state index contributed by atoms with van der Waals surface area (Å²) in [4.78, 5) is 0. The van der Waals surface area contributed by atoms with Gasteiger partial charge in [0.25, 0.3) is 0 Å². The van der Waals surface area contributed by atoms with Gasteiger partial charge >= 0.3 is 0 Å². The first-order valence-corrected chi connectivity index (χ1v) is 10.8. The molecule has 7 heteroatoms. The highest BCUT2D eigenvalue weighted by molar-refractivity contribution is 9.10. The van der Waals surface area contributed by atoms with Crippen LogP contribution in [0.5, 0.6) is 17.2 Å². The number of nitrogens with one attached hydrogen (secondary N) is 1. The summed E-state index contributed by atoms with van der Waals surface area (Å²) in [6, 6.07) is 17.4. The van der Waals surface area contributed by atoms with E-state index < -0.39 is 0 Å². The quantitative estimate of drug-likeness (QED) is 0.350. The van der Waals surface area contributed by atoms with Crippen molar-refractivity contribution in [3.8, 4) is 17.2 Å². The summed E-state index contributed by atoms with van der Waals surface area (Å²) in [5.74, 6) is 2.16. The van der Waals surface area contributed by atoms with E-state index in [1.54, 1.807) is 26.4 Å². The topological polar surface area (TPSA) is 39.7 Å². The lowest BCUT2D eigenvalue weighted by molar-refractivity contribution is 0.282. The summed E-state index contributed by atoms with van der Waals surface area (Å²) in [6.45, 7) is 1.71. The standard InChI is InChI=1S/C23H22BrCl2NO3/c1-28-21-6-4-3-5-17(21)13-27-12-16-9-18(24)23(22(11-16)29-2)30-14-15-7-8-19(25)20(26)10-15/h3-11,27H,12-14H2,1-2H3. The van der Waals surface area contributed by atoms with Gasteiger partial charge in [0.1, 0.15) is 12.4 Å². The minimum absolute atomic E-state index is 0.344. The molecule has 3 rings (SSSR count). The zero-order valence-corrected chi connectivity index (χ0v) is 19.8. The van der Waals surface area contributed by atoms with Crippen molar-refractivity contribution in [1.82, 2.24) is 5.32 Å². The summed E-state index contributed by atoms with van der Waals surface area (Å²) in [5, 5.41) is 4.45. The third-order valence-corrected chi connectivity index (χ3v) is 5.82. The van der Waals surface area contributed by atoms with E-state index in [2.05, 4.69) is 21.2 Å². The highest BCUT2D eigenvalue weighted by Crippen LogP contribution is 2.37. The van der Waals surface area contributed by atoms with Crippen LogP contribution in [0.15, 0.2) is 59.1 Å². The number of benzene rings is 3. The maximum atomic E-state index is 6.08. The van der Waals surface area contributed by atoms with Crippen molar-refractivity contribution in [3.63, 3.8) is 0 Å². The molecule has 0 amide bonds. The Morgan fingerprint density at radius 3 is 2.33 bits per heavy atom. The van der Waals surface area contributed by atoms with Gasteiger partial charge in [-0.15, -0.1) is 0 Å². The van der Waals surface area contributed by atoms with E-state index >= 15 is 0 Å². The Labute approximate surface area is 195 Å². The Balaban J connectivity index is 1.66. The van der Waals surface area contributed by atoms with Gasteiger partial charge in [-0.2, -0.15) is 0 Å². The number of methoxy groups -OCH3 is 2. The second-order valence-electron chi connectivity index (χ2n) is 6.56. The predicted octanol–water partition coefficient (Wildman–Crippen LogP) is 6.64. The fourth-order valence-corrected chi connectivity index (χ4v) is 3.92. The van der Waals surface area contributed by atoms with Crippen LogP contribution in [-0.4, -0.2) is 14.2 Å². The SMILES string of the molecule is COc1ccccc1CNCc1cc(Br)c(OCc2ccc(Cl)c(Cl)c2)c(OC)c1. The molecule has 3 aromatic carbocycles. The molecule has 0 fully saturated rings. The first-order valence-electron chi connectivity index (χ1n) is 9.27. The van der Waals surface area contributed by atoms with E-state index in [-0.39, 0.29) is 0 Å². The number of para-hydroxylation sites is 1. The Morgan fingerprint density at radius 2 is 1.60 bits per heavy atom. The number of hydrogen-bond donors (Lipinski definition) is 1. The van der Waals surface area contributed by atoms with E-state index in [1.807, 2.05) is 42.5 Å². The maximum Gasteiger partial charge on any atom is 0.175 e.